The molecule has 1 aromatic carbocycles. The molecule has 0 aliphatic carbocycles. The Labute approximate surface area is 150 Å². The third-order valence-corrected chi connectivity index (χ3v) is 4.81. The van der Waals surface area contributed by atoms with Gasteiger partial charge in [0.1, 0.15) is 11.8 Å². The number of hydrogen-bond acceptors (Lipinski definition) is 4. The van der Waals surface area contributed by atoms with Gasteiger partial charge in [0.15, 0.2) is 0 Å². The number of carbonyl (C=O) groups excluding carboxylic acids is 2. The molecule has 0 aromatic heterocycles. The van der Waals surface area contributed by atoms with Crippen LogP contribution in [0.5, 0.6) is 5.75 Å². The third-order valence-electron chi connectivity index (χ3n) is 4.81. The van der Waals surface area contributed by atoms with E-state index in [0.29, 0.717) is 32.0 Å². The Morgan fingerprint density at radius 2 is 2.00 bits per heavy atom. The lowest BCUT2D eigenvalue weighted by atomic mass is 10.1. The molecule has 25 heavy (non-hydrogen) atoms. The van der Waals surface area contributed by atoms with Gasteiger partial charge in [-0.1, -0.05) is 18.2 Å². The molecule has 1 aliphatic heterocycles. The molecule has 2 amide bonds. The summed E-state index contributed by atoms with van der Waals surface area (Å²) in [6, 6.07) is 7.66. The monoisotopic (exact) mass is 347 g/mol. The van der Waals surface area contributed by atoms with Crippen molar-refractivity contribution in [1.82, 2.24) is 15.1 Å². The Morgan fingerprint density at radius 1 is 1.28 bits per heavy atom. The van der Waals surface area contributed by atoms with Crippen LogP contribution in [0.25, 0.3) is 0 Å². The topological polar surface area (TPSA) is 61.9 Å². The molecule has 1 heterocycles. The van der Waals surface area contributed by atoms with Gasteiger partial charge >= 0.3 is 0 Å². The summed E-state index contributed by atoms with van der Waals surface area (Å²) >= 11 is 0. The van der Waals surface area contributed by atoms with Crippen molar-refractivity contribution >= 4 is 11.8 Å². The highest BCUT2D eigenvalue weighted by Crippen LogP contribution is 2.20. The van der Waals surface area contributed by atoms with Crippen molar-refractivity contribution in [3.63, 3.8) is 0 Å². The minimum atomic E-state index is -0.425. The molecule has 1 saturated heterocycles. The van der Waals surface area contributed by atoms with E-state index >= 15 is 0 Å². The summed E-state index contributed by atoms with van der Waals surface area (Å²) in [6.07, 6.45) is 0.975. The van der Waals surface area contributed by atoms with Crippen LogP contribution in [0.1, 0.15) is 25.8 Å². The second-order valence-corrected chi connectivity index (χ2v) is 6.62. The zero-order valence-electron chi connectivity index (χ0n) is 15.6. The first kappa shape index (κ1) is 19.2. The number of amides is 2. The SMILES string of the molecule is CNC(=O)[C@H]1CN(C(C)C)CCN1C(=O)CCc1ccccc1OC. The highest BCUT2D eigenvalue weighted by Gasteiger charge is 2.35. The Kier molecular flexibility index (Phi) is 6.82. The maximum atomic E-state index is 12.8. The zero-order valence-corrected chi connectivity index (χ0v) is 15.6. The summed E-state index contributed by atoms with van der Waals surface area (Å²) in [7, 11) is 3.25. The van der Waals surface area contributed by atoms with E-state index in [1.807, 2.05) is 24.3 Å². The number of nitrogens with zero attached hydrogens (tertiary/aromatic N) is 2. The van der Waals surface area contributed by atoms with Crippen LogP contribution < -0.4 is 10.1 Å². The molecule has 0 unspecified atom stereocenters. The first-order valence-corrected chi connectivity index (χ1v) is 8.85. The molecule has 1 N–H and O–H groups in total. The van der Waals surface area contributed by atoms with E-state index in [-0.39, 0.29) is 11.8 Å². The van der Waals surface area contributed by atoms with E-state index in [1.54, 1.807) is 19.1 Å². The lowest BCUT2D eigenvalue weighted by Gasteiger charge is -2.42. The smallest absolute Gasteiger partial charge is 0.243 e. The average molecular weight is 347 g/mol. The highest BCUT2D eigenvalue weighted by atomic mass is 16.5. The van der Waals surface area contributed by atoms with E-state index < -0.39 is 6.04 Å². The molecule has 0 bridgehead atoms. The molecule has 6 heteroatoms. The van der Waals surface area contributed by atoms with Crippen LogP contribution in [0, 0.1) is 0 Å². The van der Waals surface area contributed by atoms with Crippen molar-refractivity contribution < 1.29 is 14.3 Å². The third kappa shape index (κ3) is 4.72. The predicted octanol–water partition coefficient (Wildman–Crippen LogP) is 1.30. The molecule has 1 aromatic rings. The Bertz CT molecular complexity index is 603. The fraction of sp³-hybridized carbons (Fsp3) is 0.579. The fourth-order valence-corrected chi connectivity index (χ4v) is 3.26. The minimum Gasteiger partial charge on any atom is -0.496 e. The predicted molar refractivity (Wildman–Crippen MR) is 97.6 cm³/mol. The highest BCUT2D eigenvalue weighted by molar-refractivity contribution is 5.88. The molecule has 6 nitrogen and oxygen atoms in total. The number of carbonyl (C=O) groups is 2. The van der Waals surface area contributed by atoms with Crippen molar-refractivity contribution in [2.75, 3.05) is 33.8 Å². The van der Waals surface area contributed by atoms with E-state index in [2.05, 4.69) is 24.1 Å². The van der Waals surface area contributed by atoms with Crippen molar-refractivity contribution in [2.24, 2.45) is 0 Å². The quantitative estimate of drug-likeness (QED) is 0.842. The normalized spacial score (nSPS) is 18.3. The van der Waals surface area contributed by atoms with Gasteiger partial charge in [0.25, 0.3) is 0 Å². The number of ether oxygens (including phenoxy) is 1. The second kappa shape index (κ2) is 8.85. The zero-order chi connectivity index (χ0) is 18.4. The largest absolute Gasteiger partial charge is 0.496 e. The van der Waals surface area contributed by atoms with Crippen LogP contribution in [0.4, 0.5) is 0 Å². The number of piperazine rings is 1. The number of methoxy groups -OCH3 is 1. The first-order chi connectivity index (χ1) is 12.0. The summed E-state index contributed by atoms with van der Waals surface area (Å²) in [5.74, 6) is 0.710. The number of para-hydroxylation sites is 1. The summed E-state index contributed by atoms with van der Waals surface area (Å²) in [5.41, 5.74) is 1.01. The van der Waals surface area contributed by atoms with Gasteiger partial charge in [-0.25, -0.2) is 0 Å². The number of benzene rings is 1. The van der Waals surface area contributed by atoms with Crippen molar-refractivity contribution in [2.45, 2.75) is 38.8 Å². The van der Waals surface area contributed by atoms with Gasteiger partial charge in [-0.15, -0.1) is 0 Å². The van der Waals surface area contributed by atoms with Crippen LogP contribution in [-0.4, -0.2) is 67.5 Å². The standard InChI is InChI=1S/C19H29N3O3/c1-14(2)21-11-12-22(16(13-21)19(24)20-3)18(23)10-9-15-7-5-6-8-17(15)25-4/h5-8,14,16H,9-13H2,1-4H3,(H,20,24)/t16-/m1/s1. The van der Waals surface area contributed by atoms with E-state index in [4.69, 9.17) is 4.74 Å². The lowest BCUT2D eigenvalue weighted by Crippen LogP contribution is -2.61. The van der Waals surface area contributed by atoms with Gasteiger partial charge in [-0.3, -0.25) is 14.5 Å². The molecule has 0 radical (unpaired) electrons. The van der Waals surface area contributed by atoms with Crippen molar-refractivity contribution in [1.29, 1.82) is 0 Å². The number of likely N-dealkylation sites (N-methyl/N-ethyl adjacent to an activating group) is 1. The van der Waals surface area contributed by atoms with Gasteiger partial charge in [0.05, 0.1) is 7.11 Å². The van der Waals surface area contributed by atoms with Gasteiger partial charge in [-0.2, -0.15) is 0 Å². The molecular formula is C19H29N3O3. The van der Waals surface area contributed by atoms with Gasteiger partial charge < -0.3 is 15.0 Å². The molecule has 0 spiro atoms. The van der Waals surface area contributed by atoms with Gasteiger partial charge in [-0.05, 0) is 31.9 Å². The Hall–Kier alpha value is -2.08. The van der Waals surface area contributed by atoms with Crippen LogP contribution in [0.15, 0.2) is 24.3 Å². The van der Waals surface area contributed by atoms with Crippen LogP contribution in [0.3, 0.4) is 0 Å². The number of nitrogens with one attached hydrogen (secondary N) is 1. The van der Waals surface area contributed by atoms with E-state index in [0.717, 1.165) is 17.9 Å². The molecule has 138 valence electrons. The average Bonchev–Trinajstić information content (AvgIpc) is 2.64. The molecule has 1 aliphatic rings. The molecule has 0 saturated carbocycles. The second-order valence-electron chi connectivity index (χ2n) is 6.62. The van der Waals surface area contributed by atoms with Crippen molar-refractivity contribution in [3.8, 4) is 5.75 Å². The number of hydrogen-bond donors (Lipinski definition) is 1. The number of rotatable bonds is 6. The maximum absolute atomic E-state index is 12.8. The number of aryl methyl sites for hydroxylation is 1. The lowest BCUT2D eigenvalue weighted by molar-refractivity contribution is -0.144. The molecule has 2 rings (SSSR count). The van der Waals surface area contributed by atoms with Crippen molar-refractivity contribution in [3.05, 3.63) is 29.8 Å². The summed E-state index contributed by atoms with van der Waals surface area (Å²) in [4.78, 5) is 29.0. The first-order valence-electron chi connectivity index (χ1n) is 8.85. The maximum Gasteiger partial charge on any atom is 0.243 e. The van der Waals surface area contributed by atoms with Crippen LogP contribution >= 0.6 is 0 Å². The minimum absolute atomic E-state index is 0.0166. The van der Waals surface area contributed by atoms with Crippen LogP contribution in [-0.2, 0) is 16.0 Å². The molecule has 1 fully saturated rings. The summed E-state index contributed by atoms with van der Waals surface area (Å²) < 4.78 is 5.34. The Balaban J connectivity index is 2.04. The van der Waals surface area contributed by atoms with E-state index in [1.165, 1.54) is 0 Å². The Morgan fingerprint density at radius 3 is 2.64 bits per heavy atom. The van der Waals surface area contributed by atoms with Gasteiger partial charge in [0.2, 0.25) is 11.8 Å². The summed E-state index contributed by atoms with van der Waals surface area (Å²) in [5, 5.41) is 2.69. The van der Waals surface area contributed by atoms with E-state index in [9.17, 15) is 9.59 Å². The molecular weight excluding hydrogens is 318 g/mol. The van der Waals surface area contributed by atoms with Gasteiger partial charge in [0, 0.05) is 39.1 Å². The summed E-state index contributed by atoms with van der Waals surface area (Å²) in [6.45, 7) is 6.18. The molecule has 1 atom stereocenters. The fourth-order valence-electron chi connectivity index (χ4n) is 3.26. The van der Waals surface area contributed by atoms with Crippen LogP contribution in [0.2, 0.25) is 0 Å².